The molecule has 0 bridgehead atoms. The van der Waals surface area contributed by atoms with Gasteiger partial charge < -0.3 is 9.47 Å². The Labute approximate surface area is 110 Å². The Balaban J connectivity index is 3.92. The normalized spacial score (nSPS) is 13.2. The summed E-state index contributed by atoms with van der Waals surface area (Å²) in [5, 5.41) is 8.30. The van der Waals surface area contributed by atoms with Crippen LogP contribution in [0.25, 0.3) is 0 Å². The zero-order chi connectivity index (χ0) is 14.2. The molecular weight excluding hydrogens is 230 g/mol. The summed E-state index contributed by atoms with van der Waals surface area (Å²) in [7, 11) is 0. The van der Waals surface area contributed by atoms with E-state index in [9.17, 15) is 4.79 Å². The topological polar surface area (TPSA) is 59.3 Å². The number of rotatable bonds is 7. The highest BCUT2D eigenvalue weighted by Crippen LogP contribution is 2.26. The minimum absolute atomic E-state index is 0.166. The van der Waals surface area contributed by atoms with E-state index < -0.39 is 5.97 Å². The van der Waals surface area contributed by atoms with Gasteiger partial charge in [0.05, 0.1) is 18.8 Å². The fourth-order valence-corrected chi connectivity index (χ4v) is 1.56. The van der Waals surface area contributed by atoms with Crippen LogP contribution in [0, 0.1) is 22.7 Å². The van der Waals surface area contributed by atoms with Crippen LogP contribution >= 0.6 is 0 Å². The summed E-state index contributed by atoms with van der Waals surface area (Å²) in [6, 6.07) is 1.75. The average molecular weight is 255 g/mol. The Morgan fingerprint density at radius 3 is 2.33 bits per heavy atom. The Kier molecular flexibility index (Phi) is 7.61. The van der Waals surface area contributed by atoms with Gasteiger partial charge in [-0.1, -0.05) is 34.6 Å². The fraction of sp³-hybridized carbons (Fsp3) is 0.857. The van der Waals surface area contributed by atoms with Gasteiger partial charge in [0, 0.05) is 0 Å². The monoisotopic (exact) mass is 255 g/mol. The highest BCUT2D eigenvalue weighted by Gasteiger charge is 2.22. The number of nitrogens with zero attached hydrogens (tertiary/aromatic N) is 1. The summed E-state index contributed by atoms with van der Waals surface area (Å²) >= 11 is 0. The molecular formula is C14H25NO3. The molecule has 0 aliphatic rings. The number of hydrogen-bond acceptors (Lipinski definition) is 4. The van der Waals surface area contributed by atoms with Crippen molar-refractivity contribution in [3.63, 3.8) is 0 Å². The van der Waals surface area contributed by atoms with Crippen molar-refractivity contribution in [3.8, 4) is 6.07 Å². The third-order valence-corrected chi connectivity index (χ3v) is 2.46. The van der Waals surface area contributed by atoms with Crippen LogP contribution in [0.2, 0.25) is 0 Å². The molecule has 0 rings (SSSR count). The van der Waals surface area contributed by atoms with Crippen molar-refractivity contribution in [2.45, 2.75) is 53.6 Å². The number of nitriles is 1. The summed E-state index contributed by atoms with van der Waals surface area (Å²) in [5.74, 6) is -0.0583. The minimum atomic E-state index is -0.488. The van der Waals surface area contributed by atoms with Crippen LogP contribution in [-0.2, 0) is 14.3 Å². The van der Waals surface area contributed by atoms with E-state index in [-0.39, 0.29) is 24.5 Å². The lowest BCUT2D eigenvalue weighted by Gasteiger charge is -2.28. The molecule has 0 amide bonds. The Hall–Kier alpha value is -1.08. The first-order valence-electron chi connectivity index (χ1n) is 6.40. The summed E-state index contributed by atoms with van der Waals surface area (Å²) < 4.78 is 10.6. The van der Waals surface area contributed by atoms with Crippen molar-refractivity contribution in [2.24, 2.45) is 11.3 Å². The summed E-state index contributed by atoms with van der Waals surface area (Å²) in [4.78, 5) is 11.0. The lowest BCUT2D eigenvalue weighted by molar-refractivity contribution is -0.145. The number of ether oxygens (including phenoxy) is 2. The van der Waals surface area contributed by atoms with Gasteiger partial charge in [-0.05, 0) is 17.8 Å². The summed E-state index contributed by atoms with van der Waals surface area (Å²) in [6.07, 6.45) is 0.937. The molecule has 4 heteroatoms. The zero-order valence-corrected chi connectivity index (χ0v) is 12.2. The van der Waals surface area contributed by atoms with E-state index in [2.05, 4.69) is 34.6 Å². The molecule has 0 spiro atoms. The zero-order valence-electron chi connectivity index (χ0n) is 12.2. The van der Waals surface area contributed by atoms with E-state index in [1.54, 1.807) is 6.07 Å². The maximum Gasteiger partial charge on any atom is 0.320 e. The average Bonchev–Trinajstić information content (AvgIpc) is 2.21. The van der Waals surface area contributed by atoms with Crippen molar-refractivity contribution in [1.29, 1.82) is 5.26 Å². The molecule has 104 valence electrons. The highest BCUT2D eigenvalue weighted by molar-refractivity contribution is 5.71. The van der Waals surface area contributed by atoms with Gasteiger partial charge in [-0.15, -0.1) is 0 Å². The molecule has 0 aromatic carbocycles. The van der Waals surface area contributed by atoms with Gasteiger partial charge in [-0.25, -0.2) is 0 Å². The number of hydrogen-bond donors (Lipinski definition) is 0. The van der Waals surface area contributed by atoms with Gasteiger partial charge >= 0.3 is 5.97 Å². The van der Waals surface area contributed by atoms with Crippen LogP contribution in [-0.4, -0.2) is 25.3 Å². The second-order valence-electron chi connectivity index (χ2n) is 5.97. The van der Waals surface area contributed by atoms with E-state index in [1.807, 2.05) is 0 Å². The summed E-state index contributed by atoms with van der Waals surface area (Å²) in [5.41, 5.74) is 0.215. The lowest BCUT2D eigenvalue weighted by atomic mass is 9.85. The molecule has 0 saturated heterocycles. The molecule has 4 nitrogen and oxygen atoms in total. The Morgan fingerprint density at radius 2 is 1.89 bits per heavy atom. The molecule has 0 saturated carbocycles. The largest absolute Gasteiger partial charge is 0.462 e. The number of carbonyl (C=O) groups excluding carboxylic acids is 1. The van der Waals surface area contributed by atoms with Crippen LogP contribution in [0.5, 0.6) is 0 Å². The predicted molar refractivity (Wildman–Crippen MR) is 69.8 cm³/mol. The molecule has 18 heavy (non-hydrogen) atoms. The maximum atomic E-state index is 11.0. The molecule has 0 aliphatic heterocycles. The first kappa shape index (κ1) is 16.9. The van der Waals surface area contributed by atoms with Crippen molar-refractivity contribution in [1.82, 2.24) is 0 Å². The van der Waals surface area contributed by atoms with E-state index in [4.69, 9.17) is 14.7 Å². The minimum Gasteiger partial charge on any atom is -0.462 e. The van der Waals surface area contributed by atoms with E-state index in [0.717, 1.165) is 6.42 Å². The number of esters is 1. The second kappa shape index (κ2) is 8.10. The Bertz CT molecular complexity index is 286. The van der Waals surface area contributed by atoms with Crippen molar-refractivity contribution >= 4 is 5.97 Å². The third-order valence-electron chi connectivity index (χ3n) is 2.46. The summed E-state index contributed by atoms with van der Waals surface area (Å²) in [6.45, 7) is 11.4. The molecule has 0 aromatic rings. The molecule has 0 radical (unpaired) electrons. The molecule has 0 aliphatic carbocycles. The van der Waals surface area contributed by atoms with Gasteiger partial charge in [0.2, 0.25) is 0 Å². The van der Waals surface area contributed by atoms with Crippen LogP contribution in [0.3, 0.4) is 0 Å². The van der Waals surface area contributed by atoms with Gasteiger partial charge in [0.25, 0.3) is 0 Å². The van der Waals surface area contributed by atoms with Gasteiger partial charge in [-0.2, -0.15) is 5.26 Å². The second-order valence-corrected chi connectivity index (χ2v) is 5.97. The Morgan fingerprint density at radius 1 is 1.28 bits per heavy atom. The van der Waals surface area contributed by atoms with Gasteiger partial charge in [0.15, 0.2) is 0 Å². The molecule has 0 N–H and O–H groups in total. The van der Waals surface area contributed by atoms with Crippen LogP contribution in [0.15, 0.2) is 0 Å². The predicted octanol–water partition coefficient (Wildman–Crippen LogP) is 2.92. The van der Waals surface area contributed by atoms with Crippen LogP contribution in [0.1, 0.15) is 47.5 Å². The van der Waals surface area contributed by atoms with Gasteiger partial charge in [-0.3, -0.25) is 4.79 Å². The molecule has 0 heterocycles. The van der Waals surface area contributed by atoms with Crippen LogP contribution in [0.4, 0.5) is 0 Å². The lowest BCUT2D eigenvalue weighted by Crippen LogP contribution is -2.27. The van der Waals surface area contributed by atoms with Crippen molar-refractivity contribution < 1.29 is 14.3 Å². The third kappa shape index (κ3) is 9.00. The fourth-order valence-electron chi connectivity index (χ4n) is 1.56. The molecule has 1 unspecified atom stereocenters. The quantitative estimate of drug-likeness (QED) is 0.518. The number of carbonyl (C=O) groups is 1. The molecule has 0 aromatic heterocycles. The van der Waals surface area contributed by atoms with E-state index >= 15 is 0 Å². The van der Waals surface area contributed by atoms with Crippen molar-refractivity contribution in [2.75, 3.05) is 13.2 Å². The van der Waals surface area contributed by atoms with Crippen molar-refractivity contribution in [3.05, 3.63) is 0 Å². The van der Waals surface area contributed by atoms with Gasteiger partial charge in [0.1, 0.15) is 13.0 Å². The first-order valence-corrected chi connectivity index (χ1v) is 6.40. The molecule has 0 fully saturated rings. The highest BCUT2D eigenvalue weighted by atomic mass is 16.6. The standard InChI is InChI=1S/C14H25NO3/c1-11(2)12(10-14(3,4)5)17-8-9-18-13(16)6-7-15/h11-12H,6,8-10H2,1-5H3. The van der Waals surface area contributed by atoms with E-state index in [0.29, 0.717) is 12.5 Å². The maximum absolute atomic E-state index is 11.0. The first-order chi connectivity index (χ1) is 8.26. The van der Waals surface area contributed by atoms with E-state index in [1.165, 1.54) is 0 Å². The van der Waals surface area contributed by atoms with Crippen LogP contribution < -0.4 is 0 Å². The SMILES string of the molecule is CC(C)C(CC(C)(C)C)OCCOC(=O)CC#N. The smallest absolute Gasteiger partial charge is 0.320 e. The molecule has 1 atom stereocenters.